The molecule has 0 aliphatic carbocycles. The Kier molecular flexibility index (Phi) is 4.47. The van der Waals surface area contributed by atoms with E-state index >= 15 is 0 Å². The van der Waals surface area contributed by atoms with Gasteiger partial charge in [-0.15, -0.1) is 0 Å². The normalized spacial score (nSPS) is 14.6. The highest BCUT2D eigenvalue weighted by atomic mass is 35.5. The molecule has 0 unspecified atom stereocenters. The number of aromatic nitrogens is 3. The van der Waals surface area contributed by atoms with Crippen LogP contribution in [0.25, 0.3) is 11.0 Å². The molecule has 0 spiro atoms. The first kappa shape index (κ1) is 16.5. The Balaban J connectivity index is 2.17. The van der Waals surface area contributed by atoms with E-state index in [0.717, 1.165) is 11.0 Å². The summed E-state index contributed by atoms with van der Waals surface area (Å²) < 4.78 is 8.41. The highest BCUT2D eigenvalue weighted by Gasteiger charge is 2.37. The van der Waals surface area contributed by atoms with E-state index in [0.29, 0.717) is 11.8 Å². The zero-order chi connectivity index (χ0) is 15.8. The first-order chi connectivity index (χ1) is 9.63. The van der Waals surface area contributed by atoms with Gasteiger partial charge in [0.1, 0.15) is 17.1 Å². The fourth-order valence-corrected chi connectivity index (χ4v) is 3.20. The summed E-state index contributed by atoms with van der Waals surface area (Å²) in [4.78, 5) is 8.35. The lowest BCUT2D eigenvalue weighted by atomic mass is 10.2. The minimum Gasteiger partial charge on any atom is -0.415 e. The van der Waals surface area contributed by atoms with Crippen molar-refractivity contribution in [3.8, 4) is 0 Å². The lowest BCUT2D eigenvalue weighted by Gasteiger charge is -2.37. The Morgan fingerprint density at radius 1 is 1.33 bits per heavy atom. The molecule has 0 radical (unpaired) electrons. The predicted molar refractivity (Wildman–Crippen MR) is 90.4 cm³/mol. The van der Waals surface area contributed by atoms with Gasteiger partial charge in [-0.05, 0) is 31.1 Å². The van der Waals surface area contributed by atoms with Crippen LogP contribution in [-0.2, 0) is 4.43 Å². The van der Waals surface area contributed by atoms with E-state index in [4.69, 9.17) is 16.0 Å². The molecule has 2 rings (SSSR count). The van der Waals surface area contributed by atoms with Crippen molar-refractivity contribution in [2.45, 2.75) is 51.9 Å². The Bertz CT molecular complexity index is 633. The van der Waals surface area contributed by atoms with Crippen molar-refractivity contribution in [2.24, 2.45) is 0 Å². The Labute approximate surface area is 132 Å². The standard InChI is InChI=1S/C15H24ClN3OSi/c1-11(9-20-21(5,6)15(2,3)4)19-8-7-12-13(16)17-10-18-14(12)19/h7-8,10-11H,9H2,1-6H3/t11-/m0/s1. The molecule has 1 atom stereocenters. The van der Waals surface area contributed by atoms with Gasteiger partial charge >= 0.3 is 0 Å². The maximum atomic E-state index is 6.30. The molecule has 21 heavy (non-hydrogen) atoms. The summed E-state index contributed by atoms with van der Waals surface area (Å²) in [7, 11) is -1.73. The summed E-state index contributed by atoms with van der Waals surface area (Å²) >= 11 is 6.10. The van der Waals surface area contributed by atoms with E-state index in [-0.39, 0.29) is 11.1 Å². The zero-order valence-electron chi connectivity index (χ0n) is 13.6. The number of rotatable bonds is 4. The Hall–Kier alpha value is -0.913. The number of hydrogen-bond acceptors (Lipinski definition) is 3. The Morgan fingerprint density at radius 3 is 2.62 bits per heavy atom. The van der Waals surface area contributed by atoms with Crippen LogP contribution >= 0.6 is 11.6 Å². The first-order valence-electron chi connectivity index (χ1n) is 7.24. The van der Waals surface area contributed by atoms with Crippen molar-refractivity contribution in [3.05, 3.63) is 23.7 Å². The summed E-state index contributed by atoms with van der Waals surface area (Å²) in [5, 5.41) is 1.60. The van der Waals surface area contributed by atoms with E-state index in [1.165, 1.54) is 6.33 Å². The molecular formula is C15H24ClN3OSi. The van der Waals surface area contributed by atoms with Crippen molar-refractivity contribution in [3.63, 3.8) is 0 Å². The second-order valence-corrected chi connectivity index (χ2v) is 12.2. The second kappa shape index (κ2) is 5.70. The van der Waals surface area contributed by atoms with Crippen molar-refractivity contribution >= 4 is 31.0 Å². The third-order valence-electron chi connectivity index (χ3n) is 4.43. The minimum atomic E-state index is -1.73. The molecule has 0 N–H and O–H groups in total. The smallest absolute Gasteiger partial charge is 0.192 e. The van der Waals surface area contributed by atoms with Gasteiger partial charge in [0, 0.05) is 6.20 Å². The highest BCUT2D eigenvalue weighted by Crippen LogP contribution is 2.37. The van der Waals surface area contributed by atoms with Crippen LogP contribution < -0.4 is 0 Å². The third-order valence-corrected chi connectivity index (χ3v) is 9.23. The van der Waals surface area contributed by atoms with Crippen molar-refractivity contribution in [1.82, 2.24) is 14.5 Å². The van der Waals surface area contributed by atoms with Crippen LogP contribution in [0.3, 0.4) is 0 Å². The second-order valence-electron chi connectivity index (χ2n) is 7.05. The molecule has 2 aromatic heterocycles. The molecule has 4 nitrogen and oxygen atoms in total. The summed E-state index contributed by atoms with van der Waals surface area (Å²) in [6, 6.07) is 2.17. The van der Waals surface area contributed by atoms with Gasteiger partial charge in [-0.25, -0.2) is 9.97 Å². The molecule has 0 aromatic carbocycles. The summed E-state index contributed by atoms with van der Waals surface area (Å²) in [5.41, 5.74) is 0.862. The topological polar surface area (TPSA) is 39.9 Å². The van der Waals surface area contributed by atoms with Crippen molar-refractivity contribution < 1.29 is 4.43 Å². The monoisotopic (exact) mass is 325 g/mol. The number of fused-ring (bicyclic) bond motifs is 1. The van der Waals surface area contributed by atoms with Gasteiger partial charge in [-0.1, -0.05) is 32.4 Å². The largest absolute Gasteiger partial charge is 0.415 e. The van der Waals surface area contributed by atoms with Crippen LogP contribution in [0.1, 0.15) is 33.7 Å². The number of hydrogen-bond donors (Lipinski definition) is 0. The molecule has 0 aliphatic rings. The van der Waals surface area contributed by atoms with Crippen LogP contribution in [0.15, 0.2) is 18.6 Å². The van der Waals surface area contributed by atoms with Gasteiger partial charge in [0.05, 0.1) is 18.0 Å². The zero-order valence-corrected chi connectivity index (χ0v) is 15.4. The van der Waals surface area contributed by atoms with Gasteiger partial charge in [0.25, 0.3) is 0 Å². The lowest BCUT2D eigenvalue weighted by Crippen LogP contribution is -2.41. The molecule has 0 saturated carbocycles. The van der Waals surface area contributed by atoms with Gasteiger partial charge < -0.3 is 8.99 Å². The van der Waals surface area contributed by atoms with Gasteiger partial charge in [0.15, 0.2) is 8.32 Å². The predicted octanol–water partition coefficient (Wildman–Crippen LogP) is 4.67. The number of halogens is 1. The minimum absolute atomic E-state index is 0.211. The van der Waals surface area contributed by atoms with E-state index in [9.17, 15) is 0 Å². The van der Waals surface area contributed by atoms with E-state index < -0.39 is 8.32 Å². The summed E-state index contributed by atoms with van der Waals surface area (Å²) in [6.45, 7) is 14.1. The van der Waals surface area contributed by atoms with Crippen LogP contribution in [0, 0.1) is 0 Å². The van der Waals surface area contributed by atoms with Gasteiger partial charge in [-0.2, -0.15) is 0 Å². The maximum Gasteiger partial charge on any atom is 0.192 e. The van der Waals surface area contributed by atoms with E-state index in [2.05, 4.69) is 55.3 Å². The molecule has 0 aliphatic heterocycles. The van der Waals surface area contributed by atoms with Crippen LogP contribution in [0.2, 0.25) is 23.3 Å². The average molecular weight is 326 g/mol. The molecule has 116 valence electrons. The average Bonchev–Trinajstić information content (AvgIpc) is 2.80. The molecule has 0 saturated heterocycles. The van der Waals surface area contributed by atoms with E-state index in [1.54, 1.807) is 0 Å². The molecule has 6 heteroatoms. The lowest BCUT2D eigenvalue weighted by molar-refractivity contribution is 0.241. The molecule has 0 amide bonds. The third kappa shape index (κ3) is 3.30. The first-order valence-corrected chi connectivity index (χ1v) is 10.5. The molecule has 2 aromatic rings. The van der Waals surface area contributed by atoms with Gasteiger partial charge in [0.2, 0.25) is 0 Å². The molecule has 2 heterocycles. The number of nitrogens with zero attached hydrogens (tertiary/aromatic N) is 3. The fourth-order valence-electron chi connectivity index (χ4n) is 1.92. The SMILES string of the molecule is C[C@@H](CO[Si](C)(C)C(C)(C)C)n1ccc2c(Cl)ncnc21. The highest BCUT2D eigenvalue weighted by molar-refractivity contribution is 6.74. The molecular weight excluding hydrogens is 302 g/mol. The Morgan fingerprint density at radius 2 is 2.00 bits per heavy atom. The fraction of sp³-hybridized carbons (Fsp3) is 0.600. The summed E-state index contributed by atoms with van der Waals surface area (Å²) in [5.74, 6) is 0. The maximum absolute atomic E-state index is 6.30. The van der Waals surface area contributed by atoms with Crippen LogP contribution in [0.5, 0.6) is 0 Å². The quantitative estimate of drug-likeness (QED) is 0.606. The van der Waals surface area contributed by atoms with Crippen LogP contribution in [0.4, 0.5) is 0 Å². The molecule has 0 fully saturated rings. The van der Waals surface area contributed by atoms with Crippen LogP contribution in [-0.4, -0.2) is 29.5 Å². The van der Waals surface area contributed by atoms with E-state index in [1.807, 2.05) is 12.3 Å². The van der Waals surface area contributed by atoms with Crippen molar-refractivity contribution in [1.29, 1.82) is 0 Å². The molecule has 0 bridgehead atoms. The van der Waals surface area contributed by atoms with Gasteiger partial charge in [-0.3, -0.25) is 0 Å². The van der Waals surface area contributed by atoms with Crippen molar-refractivity contribution in [2.75, 3.05) is 6.61 Å². The summed E-state index contributed by atoms with van der Waals surface area (Å²) in [6.07, 6.45) is 3.51.